The normalized spacial score (nSPS) is 12.5. The molecule has 0 fully saturated rings. The average Bonchev–Trinajstić information content (AvgIpc) is 2.94. The molecule has 0 spiro atoms. The molecule has 0 aliphatic carbocycles. The number of anilines is 1. The van der Waals surface area contributed by atoms with Gasteiger partial charge >= 0.3 is 0 Å². The third kappa shape index (κ3) is 2.83. The van der Waals surface area contributed by atoms with E-state index in [2.05, 4.69) is 15.5 Å². The predicted octanol–water partition coefficient (Wildman–Crippen LogP) is 2.34. The Morgan fingerprint density at radius 3 is 2.83 bits per heavy atom. The fourth-order valence-electron chi connectivity index (χ4n) is 2.45. The molecule has 2 heterocycles. The summed E-state index contributed by atoms with van der Waals surface area (Å²) >= 11 is 0. The molecule has 2 aromatic heterocycles. The number of phenolic OH excluding ortho intramolecular Hbond substituents is 1. The van der Waals surface area contributed by atoms with Gasteiger partial charge in [-0.1, -0.05) is 0 Å². The first-order valence-electron chi connectivity index (χ1n) is 7.22. The largest absolute Gasteiger partial charge is 0.507 e. The molecule has 6 nitrogen and oxygen atoms in total. The third-order valence-electron chi connectivity index (χ3n) is 3.47. The van der Waals surface area contributed by atoms with E-state index in [1.807, 2.05) is 0 Å². The summed E-state index contributed by atoms with van der Waals surface area (Å²) in [5.41, 5.74) is 1.51. The van der Waals surface area contributed by atoms with Crippen LogP contribution in [0.4, 0.5) is 10.3 Å². The lowest BCUT2D eigenvalue weighted by molar-refractivity contribution is 0.208. The molecule has 3 rings (SSSR count). The first-order chi connectivity index (χ1) is 11.0. The number of aliphatic hydroxyl groups is 1. The zero-order valence-corrected chi connectivity index (χ0v) is 12.8. The zero-order chi connectivity index (χ0) is 16.6. The Morgan fingerprint density at radius 1 is 1.35 bits per heavy atom. The van der Waals surface area contributed by atoms with Crippen molar-refractivity contribution in [3.63, 3.8) is 0 Å². The molecule has 0 unspecified atom stereocenters. The minimum Gasteiger partial charge on any atom is -0.507 e. The van der Waals surface area contributed by atoms with Crippen LogP contribution in [-0.2, 0) is 0 Å². The average molecular weight is 316 g/mol. The molecule has 3 aromatic rings. The Morgan fingerprint density at radius 2 is 2.13 bits per heavy atom. The number of phenols is 1. The van der Waals surface area contributed by atoms with Gasteiger partial charge < -0.3 is 15.5 Å². The molecule has 1 aromatic carbocycles. The van der Waals surface area contributed by atoms with E-state index in [0.29, 0.717) is 23.6 Å². The quantitative estimate of drug-likeness (QED) is 0.688. The number of fused-ring (bicyclic) bond motifs is 1. The van der Waals surface area contributed by atoms with Gasteiger partial charge in [-0.2, -0.15) is 0 Å². The minimum atomic E-state index is -0.551. The number of benzene rings is 1. The Bertz CT molecular complexity index is 837. The number of aryl methyl sites for hydroxylation is 1. The number of halogens is 1. The number of nitrogens with zero attached hydrogens (tertiary/aromatic N) is 3. The van der Waals surface area contributed by atoms with Gasteiger partial charge in [0.25, 0.3) is 0 Å². The number of aliphatic hydroxyl groups excluding tert-OH is 1. The number of hydrogen-bond donors (Lipinski definition) is 3. The van der Waals surface area contributed by atoms with Gasteiger partial charge in [-0.25, -0.2) is 4.39 Å². The molecule has 0 bridgehead atoms. The number of rotatable bonds is 4. The molecule has 0 amide bonds. The molecule has 7 heteroatoms. The molecular weight excluding hydrogens is 299 g/mol. The summed E-state index contributed by atoms with van der Waals surface area (Å²) in [5, 5.41) is 30.5. The standard InChI is InChI=1S/C16H17FN4O2/c1-9-6-11(17)14(13(23)7-9)15-12-4-3-5-21(12)16(20-19-15)18-8-10(2)22/h3-7,10,22-23H,8H2,1-2H3,(H,18,20)/t10-/m1/s1. The van der Waals surface area contributed by atoms with E-state index in [1.54, 1.807) is 36.6 Å². The molecule has 0 radical (unpaired) electrons. The second-order valence-electron chi connectivity index (χ2n) is 5.51. The summed E-state index contributed by atoms with van der Waals surface area (Å²) in [6.45, 7) is 3.67. The summed E-state index contributed by atoms with van der Waals surface area (Å²) in [7, 11) is 0. The van der Waals surface area contributed by atoms with Crippen LogP contribution >= 0.6 is 0 Å². The smallest absolute Gasteiger partial charge is 0.227 e. The summed E-state index contributed by atoms with van der Waals surface area (Å²) in [6, 6.07) is 6.37. The van der Waals surface area contributed by atoms with Gasteiger partial charge in [0.15, 0.2) is 0 Å². The maximum absolute atomic E-state index is 14.3. The maximum atomic E-state index is 14.3. The van der Waals surface area contributed by atoms with Gasteiger partial charge in [0.05, 0.1) is 17.2 Å². The van der Waals surface area contributed by atoms with Crippen LogP contribution in [-0.4, -0.2) is 37.5 Å². The lowest BCUT2D eigenvalue weighted by Crippen LogP contribution is -2.18. The topological polar surface area (TPSA) is 82.7 Å². The van der Waals surface area contributed by atoms with Crippen LogP contribution in [0.5, 0.6) is 5.75 Å². The van der Waals surface area contributed by atoms with E-state index in [-0.39, 0.29) is 17.0 Å². The highest BCUT2D eigenvalue weighted by molar-refractivity contribution is 5.81. The van der Waals surface area contributed by atoms with E-state index in [1.165, 1.54) is 12.1 Å². The van der Waals surface area contributed by atoms with Crippen LogP contribution in [0, 0.1) is 12.7 Å². The van der Waals surface area contributed by atoms with Gasteiger partial charge in [-0.05, 0) is 43.7 Å². The van der Waals surface area contributed by atoms with Gasteiger partial charge in [0, 0.05) is 12.7 Å². The Labute approximate surface area is 132 Å². The van der Waals surface area contributed by atoms with Crippen LogP contribution < -0.4 is 5.32 Å². The van der Waals surface area contributed by atoms with Crippen molar-refractivity contribution in [2.45, 2.75) is 20.0 Å². The molecule has 120 valence electrons. The molecule has 0 saturated heterocycles. The van der Waals surface area contributed by atoms with E-state index in [4.69, 9.17) is 0 Å². The summed E-state index contributed by atoms with van der Waals surface area (Å²) < 4.78 is 16.0. The van der Waals surface area contributed by atoms with Crippen LogP contribution in [0.3, 0.4) is 0 Å². The number of aromatic nitrogens is 3. The monoisotopic (exact) mass is 316 g/mol. The molecule has 0 saturated carbocycles. The van der Waals surface area contributed by atoms with Crippen molar-refractivity contribution in [3.8, 4) is 17.0 Å². The van der Waals surface area contributed by atoms with Crippen molar-refractivity contribution >= 4 is 11.5 Å². The van der Waals surface area contributed by atoms with E-state index >= 15 is 0 Å². The molecule has 0 aliphatic heterocycles. The number of aromatic hydroxyl groups is 1. The molecule has 23 heavy (non-hydrogen) atoms. The first kappa shape index (κ1) is 15.2. The Kier molecular flexibility index (Phi) is 3.87. The van der Waals surface area contributed by atoms with E-state index < -0.39 is 11.9 Å². The maximum Gasteiger partial charge on any atom is 0.227 e. The molecule has 0 aliphatic rings. The Hall–Kier alpha value is -2.67. The zero-order valence-electron chi connectivity index (χ0n) is 12.8. The van der Waals surface area contributed by atoms with E-state index in [0.717, 1.165) is 0 Å². The van der Waals surface area contributed by atoms with Gasteiger partial charge in [-0.3, -0.25) is 4.40 Å². The lowest BCUT2D eigenvalue weighted by atomic mass is 10.1. The molecular formula is C16H17FN4O2. The van der Waals surface area contributed by atoms with Crippen LogP contribution in [0.2, 0.25) is 0 Å². The van der Waals surface area contributed by atoms with Crippen molar-refractivity contribution < 1.29 is 14.6 Å². The highest BCUT2D eigenvalue weighted by Crippen LogP contribution is 2.34. The van der Waals surface area contributed by atoms with Crippen molar-refractivity contribution in [2.24, 2.45) is 0 Å². The van der Waals surface area contributed by atoms with Crippen LogP contribution in [0.1, 0.15) is 12.5 Å². The van der Waals surface area contributed by atoms with Gasteiger partial charge in [0.1, 0.15) is 17.3 Å². The fourth-order valence-corrected chi connectivity index (χ4v) is 2.45. The fraction of sp³-hybridized carbons (Fsp3) is 0.250. The predicted molar refractivity (Wildman–Crippen MR) is 85.0 cm³/mol. The van der Waals surface area contributed by atoms with Crippen LogP contribution in [0.15, 0.2) is 30.5 Å². The number of nitrogens with one attached hydrogen (secondary N) is 1. The molecule has 1 atom stereocenters. The third-order valence-corrected chi connectivity index (χ3v) is 3.47. The molecule has 3 N–H and O–H groups in total. The summed E-state index contributed by atoms with van der Waals surface area (Å²) in [5.74, 6) is -0.296. The summed E-state index contributed by atoms with van der Waals surface area (Å²) in [6.07, 6.45) is 1.21. The highest BCUT2D eigenvalue weighted by atomic mass is 19.1. The van der Waals surface area contributed by atoms with E-state index in [9.17, 15) is 14.6 Å². The van der Waals surface area contributed by atoms with Crippen molar-refractivity contribution in [1.29, 1.82) is 0 Å². The minimum absolute atomic E-state index is 0.0221. The van der Waals surface area contributed by atoms with Crippen molar-refractivity contribution in [3.05, 3.63) is 41.8 Å². The summed E-state index contributed by atoms with van der Waals surface area (Å²) in [4.78, 5) is 0. The van der Waals surface area contributed by atoms with Crippen LogP contribution in [0.25, 0.3) is 16.8 Å². The van der Waals surface area contributed by atoms with Gasteiger partial charge in [0.2, 0.25) is 5.95 Å². The number of hydrogen-bond acceptors (Lipinski definition) is 5. The second kappa shape index (κ2) is 5.85. The van der Waals surface area contributed by atoms with Crippen molar-refractivity contribution in [2.75, 3.05) is 11.9 Å². The highest BCUT2D eigenvalue weighted by Gasteiger charge is 2.18. The SMILES string of the molecule is Cc1cc(O)c(-c2nnc(NC[C@@H](C)O)n3cccc23)c(F)c1. The lowest BCUT2D eigenvalue weighted by Gasteiger charge is -2.12. The first-order valence-corrected chi connectivity index (χ1v) is 7.22. The second-order valence-corrected chi connectivity index (χ2v) is 5.51. The van der Waals surface area contributed by atoms with Gasteiger partial charge in [-0.15, -0.1) is 10.2 Å². The van der Waals surface area contributed by atoms with Crippen molar-refractivity contribution in [1.82, 2.24) is 14.6 Å². The Balaban J connectivity index is 2.14.